The van der Waals surface area contributed by atoms with Gasteiger partial charge in [-0.2, -0.15) is 13.2 Å². The van der Waals surface area contributed by atoms with Crippen LogP contribution in [0.2, 0.25) is 0 Å². The van der Waals surface area contributed by atoms with Crippen molar-refractivity contribution < 1.29 is 22.8 Å². The summed E-state index contributed by atoms with van der Waals surface area (Å²) in [6, 6.07) is 17.4. The Morgan fingerprint density at radius 1 is 0.967 bits per heavy atom. The van der Waals surface area contributed by atoms with E-state index in [4.69, 9.17) is 0 Å². The monoisotopic (exact) mass is 415 g/mol. The van der Waals surface area contributed by atoms with Crippen LogP contribution in [0.3, 0.4) is 0 Å². The van der Waals surface area contributed by atoms with Crippen molar-refractivity contribution in [3.63, 3.8) is 0 Å². The Morgan fingerprint density at radius 3 is 2.40 bits per heavy atom. The number of anilines is 1. The van der Waals surface area contributed by atoms with Crippen molar-refractivity contribution in [2.24, 2.45) is 0 Å². The van der Waals surface area contributed by atoms with Gasteiger partial charge in [0, 0.05) is 24.0 Å². The van der Waals surface area contributed by atoms with Crippen LogP contribution >= 0.6 is 0 Å². The zero-order valence-corrected chi connectivity index (χ0v) is 16.2. The molecule has 0 radical (unpaired) electrons. The van der Waals surface area contributed by atoms with E-state index in [0.717, 1.165) is 5.56 Å². The van der Waals surface area contributed by atoms with Gasteiger partial charge in [-0.15, -0.1) is 0 Å². The number of aromatic nitrogens is 1. The quantitative estimate of drug-likeness (QED) is 0.627. The van der Waals surface area contributed by atoms with Crippen LogP contribution in [0.4, 0.5) is 18.9 Å². The maximum absolute atomic E-state index is 12.8. The molecule has 0 saturated carbocycles. The molecule has 0 spiro atoms. The summed E-state index contributed by atoms with van der Waals surface area (Å²) in [4.78, 5) is 24.8. The van der Waals surface area contributed by atoms with Gasteiger partial charge in [0.25, 0.3) is 11.8 Å². The second-order valence-electron chi connectivity index (χ2n) is 6.79. The molecule has 2 aromatic carbocycles. The average Bonchev–Trinajstić information content (AvgIpc) is 3.16. The van der Waals surface area contributed by atoms with Gasteiger partial charge in [-0.25, -0.2) is 0 Å². The summed E-state index contributed by atoms with van der Waals surface area (Å²) >= 11 is 0. The highest BCUT2D eigenvalue weighted by molar-refractivity contribution is 6.04. The van der Waals surface area contributed by atoms with E-state index in [0.29, 0.717) is 23.5 Å². The second-order valence-corrected chi connectivity index (χ2v) is 6.79. The van der Waals surface area contributed by atoms with Crippen LogP contribution in [0.1, 0.15) is 32.0 Å². The van der Waals surface area contributed by atoms with E-state index in [1.165, 1.54) is 12.1 Å². The molecule has 0 unspecified atom stereocenters. The molecule has 3 aromatic rings. The fourth-order valence-electron chi connectivity index (χ4n) is 2.91. The van der Waals surface area contributed by atoms with Crippen molar-refractivity contribution in [2.75, 3.05) is 11.9 Å². The van der Waals surface area contributed by atoms with Crippen molar-refractivity contribution in [3.05, 3.63) is 89.2 Å². The molecule has 0 aliphatic carbocycles. The molecule has 30 heavy (non-hydrogen) atoms. The highest BCUT2D eigenvalue weighted by atomic mass is 19.4. The number of alkyl halides is 3. The molecule has 0 aliphatic heterocycles. The Morgan fingerprint density at radius 2 is 1.70 bits per heavy atom. The number of nitrogens with zero attached hydrogens (tertiary/aromatic N) is 1. The Bertz CT molecular complexity index is 1040. The summed E-state index contributed by atoms with van der Waals surface area (Å²) in [5, 5.41) is 4.57. The van der Waals surface area contributed by atoms with Gasteiger partial charge in [-0.1, -0.05) is 36.4 Å². The predicted molar refractivity (Wildman–Crippen MR) is 107 cm³/mol. The zero-order chi connectivity index (χ0) is 21.7. The molecular formula is C22H20F3N3O2. The summed E-state index contributed by atoms with van der Waals surface area (Å²) in [6.45, 7) is 0.819. The van der Waals surface area contributed by atoms with E-state index in [2.05, 4.69) is 5.32 Å². The standard InChI is InChI=1S/C22H20F3N3O2/c1-15-9-10-17(20(29)26-14-22(23,24)25)12-18(15)27-21(30)19-8-5-11-28(19)13-16-6-3-2-4-7-16/h2-12H,13-14H2,1H3,(H,26,29)(H,27,30). The molecule has 2 N–H and O–H groups in total. The van der Waals surface area contributed by atoms with Crippen LogP contribution < -0.4 is 10.6 Å². The smallest absolute Gasteiger partial charge is 0.343 e. The molecule has 5 nitrogen and oxygen atoms in total. The Kier molecular flexibility index (Phi) is 6.25. The predicted octanol–water partition coefficient (Wildman–Crippen LogP) is 4.39. The first-order valence-electron chi connectivity index (χ1n) is 9.19. The van der Waals surface area contributed by atoms with E-state index in [1.54, 1.807) is 35.9 Å². The fraction of sp³-hybridized carbons (Fsp3) is 0.182. The van der Waals surface area contributed by atoms with Gasteiger partial charge in [0.2, 0.25) is 0 Å². The largest absolute Gasteiger partial charge is 0.405 e. The summed E-state index contributed by atoms with van der Waals surface area (Å²) in [5.41, 5.74) is 2.51. The zero-order valence-electron chi connectivity index (χ0n) is 16.2. The normalized spacial score (nSPS) is 11.2. The van der Waals surface area contributed by atoms with Crippen molar-refractivity contribution in [3.8, 4) is 0 Å². The molecule has 0 bridgehead atoms. The van der Waals surface area contributed by atoms with Crippen LogP contribution in [0, 0.1) is 6.92 Å². The lowest BCUT2D eigenvalue weighted by atomic mass is 10.1. The van der Waals surface area contributed by atoms with Crippen LogP contribution in [0.5, 0.6) is 0 Å². The van der Waals surface area contributed by atoms with Crippen molar-refractivity contribution in [1.82, 2.24) is 9.88 Å². The first-order valence-corrected chi connectivity index (χ1v) is 9.19. The molecule has 156 valence electrons. The first-order chi connectivity index (χ1) is 14.2. The van der Waals surface area contributed by atoms with E-state index < -0.39 is 18.6 Å². The number of amides is 2. The van der Waals surface area contributed by atoms with Crippen molar-refractivity contribution in [2.45, 2.75) is 19.6 Å². The molecule has 0 saturated heterocycles. The summed E-state index contributed by atoms with van der Waals surface area (Å²) in [5.74, 6) is -1.25. The topological polar surface area (TPSA) is 63.1 Å². The van der Waals surface area contributed by atoms with Gasteiger partial charge in [0.15, 0.2) is 0 Å². The highest BCUT2D eigenvalue weighted by Gasteiger charge is 2.28. The minimum Gasteiger partial charge on any atom is -0.343 e. The summed E-state index contributed by atoms with van der Waals surface area (Å²) < 4.78 is 38.8. The average molecular weight is 415 g/mol. The Balaban J connectivity index is 1.74. The van der Waals surface area contributed by atoms with E-state index in [9.17, 15) is 22.8 Å². The molecule has 1 aromatic heterocycles. The number of rotatable bonds is 6. The number of benzene rings is 2. The van der Waals surface area contributed by atoms with E-state index in [-0.39, 0.29) is 11.5 Å². The molecule has 0 aliphatic rings. The third-order valence-electron chi connectivity index (χ3n) is 4.46. The van der Waals surface area contributed by atoms with Crippen LogP contribution in [-0.4, -0.2) is 29.1 Å². The van der Waals surface area contributed by atoms with Gasteiger partial charge in [-0.05, 0) is 42.3 Å². The number of aryl methyl sites for hydroxylation is 1. The maximum atomic E-state index is 12.8. The van der Waals surface area contributed by atoms with Crippen LogP contribution in [0.15, 0.2) is 66.9 Å². The minimum atomic E-state index is -4.50. The second kappa shape index (κ2) is 8.86. The SMILES string of the molecule is Cc1ccc(C(=O)NCC(F)(F)F)cc1NC(=O)c1cccn1Cc1ccccc1. The summed E-state index contributed by atoms with van der Waals surface area (Å²) in [7, 11) is 0. The van der Waals surface area contributed by atoms with Gasteiger partial charge in [0.05, 0.1) is 0 Å². The molecule has 8 heteroatoms. The van der Waals surface area contributed by atoms with Gasteiger partial charge >= 0.3 is 6.18 Å². The maximum Gasteiger partial charge on any atom is 0.405 e. The number of carbonyl (C=O) groups is 2. The van der Waals surface area contributed by atoms with Gasteiger partial charge in [-0.3, -0.25) is 9.59 Å². The molecule has 1 heterocycles. The Labute approximate surface area is 171 Å². The van der Waals surface area contributed by atoms with E-state index >= 15 is 0 Å². The lowest BCUT2D eigenvalue weighted by Crippen LogP contribution is -2.33. The fourth-order valence-corrected chi connectivity index (χ4v) is 2.91. The van der Waals surface area contributed by atoms with Gasteiger partial charge < -0.3 is 15.2 Å². The number of carbonyl (C=O) groups excluding carboxylic acids is 2. The van der Waals surface area contributed by atoms with Crippen LogP contribution in [0.25, 0.3) is 0 Å². The molecular weight excluding hydrogens is 395 g/mol. The van der Waals surface area contributed by atoms with E-state index in [1.807, 2.05) is 35.6 Å². The Hall–Kier alpha value is -3.55. The third kappa shape index (κ3) is 5.50. The molecule has 0 atom stereocenters. The lowest BCUT2D eigenvalue weighted by molar-refractivity contribution is -0.123. The number of hydrogen-bond acceptors (Lipinski definition) is 2. The van der Waals surface area contributed by atoms with Crippen molar-refractivity contribution in [1.29, 1.82) is 0 Å². The van der Waals surface area contributed by atoms with Crippen LogP contribution in [-0.2, 0) is 6.54 Å². The lowest BCUT2D eigenvalue weighted by Gasteiger charge is -2.13. The molecule has 3 rings (SSSR count). The number of halogens is 3. The third-order valence-corrected chi connectivity index (χ3v) is 4.46. The minimum absolute atomic E-state index is 0.0276. The summed E-state index contributed by atoms with van der Waals surface area (Å²) in [6.07, 6.45) is -2.71. The molecule has 2 amide bonds. The molecule has 0 fully saturated rings. The number of hydrogen-bond donors (Lipinski definition) is 2. The van der Waals surface area contributed by atoms with Crippen molar-refractivity contribution >= 4 is 17.5 Å². The highest BCUT2D eigenvalue weighted by Crippen LogP contribution is 2.19. The number of nitrogens with one attached hydrogen (secondary N) is 2. The van der Waals surface area contributed by atoms with Gasteiger partial charge in [0.1, 0.15) is 12.2 Å². The first kappa shape index (κ1) is 21.2.